The minimum absolute atomic E-state index is 0.00637. The van der Waals surface area contributed by atoms with Crippen LogP contribution in [0.3, 0.4) is 0 Å². The van der Waals surface area contributed by atoms with Gasteiger partial charge in [0.15, 0.2) is 16.5 Å². The van der Waals surface area contributed by atoms with Crippen LogP contribution in [0.25, 0.3) is 10.9 Å². The Labute approximate surface area is 315 Å². The number of aryl methyl sites for hydroxylation is 1. The van der Waals surface area contributed by atoms with Crippen LogP contribution in [-0.4, -0.2) is 111 Å². The third-order valence-corrected chi connectivity index (χ3v) is 12.1. The van der Waals surface area contributed by atoms with Crippen molar-refractivity contribution < 1.29 is 37.0 Å². The van der Waals surface area contributed by atoms with Crippen LogP contribution in [0.2, 0.25) is 0 Å². The molecule has 1 saturated heterocycles. The van der Waals surface area contributed by atoms with Crippen LogP contribution in [0.4, 0.5) is 5.82 Å². The number of sulfonamides is 1. The second-order valence-corrected chi connectivity index (χ2v) is 15.9. The molecular formula is C38H47N7O8S. The van der Waals surface area contributed by atoms with Gasteiger partial charge in [-0.2, -0.15) is 4.31 Å². The summed E-state index contributed by atoms with van der Waals surface area (Å²) in [6.07, 6.45) is 6.26. The normalized spacial score (nSPS) is 18.7. The summed E-state index contributed by atoms with van der Waals surface area (Å²) in [6.45, 7) is 2.57. The van der Waals surface area contributed by atoms with E-state index >= 15 is 0 Å². The van der Waals surface area contributed by atoms with Gasteiger partial charge in [-0.1, -0.05) is 0 Å². The van der Waals surface area contributed by atoms with Crippen molar-refractivity contribution in [1.82, 2.24) is 29.1 Å². The molecule has 1 unspecified atom stereocenters. The number of carbonyl (C=O) groups is 2. The minimum Gasteiger partial charge on any atom is -0.493 e. The molecule has 54 heavy (non-hydrogen) atoms. The summed E-state index contributed by atoms with van der Waals surface area (Å²) >= 11 is 0. The number of aromatic nitrogens is 3. The molecule has 3 aliphatic rings. The zero-order chi connectivity index (χ0) is 38.0. The van der Waals surface area contributed by atoms with E-state index in [-0.39, 0.29) is 48.9 Å². The molecule has 2 bridgehead atoms. The molecule has 2 amide bonds. The third-order valence-electron chi connectivity index (χ3n) is 10.4. The fourth-order valence-corrected chi connectivity index (χ4v) is 9.02. The lowest BCUT2D eigenvalue weighted by Crippen LogP contribution is -2.45. The first-order valence-electron chi connectivity index (χ1n) is 18.3. The van der Waals surface area contributed by atoms with Gasteiger partial charge in [0, 0.05) is 81.5 Å². The number of carbonyl (C=O) groups excluding carboxylic acids is 2. The molecule has 2 aromatic heterocycles. The molecule has 0 spiro atoms. The lowest BCUT2D eigenvalue weighted by Gasteiger charge is -2.36. The number of benzene rings is 2. The Morgan fingerprint density at radius 1 is 0.963 bits per heavy atom. The average molecular weight is 762 g/mol. The number of hydrogen-bond acceptors (Lipinski definition) is 11. The summed E-state index contributed by atoms with van der Waals surface area (Å²) in [4.78, 5) is 40.4. The highest BCUT2D eigenvalue weighted by atomic mass is 32.2. The number of pyridine rings is 1. The summed E-state index contributed by atoms with van der Waals surface area (Å²) < 4.78 is 54.5. The van der Waals surface area contributed by atoms with Crippen molar-refractivity contribution in [2.24, 2.45) is 13.0 Å². The van der Waals surface area contributed by atoms with Crippen LogP contribution in [0, 0.1) is 5.92 Å². The third kappa shape index (κ3) is 7.49. The number of nitrogens with zero attached hydrogens (tertiary/aromatic N) is 6. The van der Waals surface area contributed by atoms with Crippen molar-refractivity contribution in [3.63, 3.8) is 0 Å². The molecule has 1 fully saturated rings. The maximum Gasteiger partial charge on any atom is 0.262 e. The number of anilines is 1. The smallest absolute Gasteiger partial charge is 0.262 e. The molecule has 15 nitrogen and oxygen atoms in total. The summed E-state index contributed by atoms with van der Waals surface area (Å²) in [5.74, 6) is 2.31. The number of methoxy groups -OCH3 is 3. The van der Waals surface area contributed by atoms with Gasteiger partial charge in [-0.25, -0.2) is 18.4 Å². The van der Waals surface area contributed by atoms with E-state index in [0.717, 1.165) is 30.6 Å². The van der Waals surface area contributed by atoms with E-state index in [1.54, 1.807) is 48.9 Å². The van der Waals surface area contributed by atoms with Crippen molar-refractivity contribution in [2.45, 2.75) is 43.7 Å². The number of ether oxygens (including phenoxy) is 4. The summed E-state index contributed by atoms with van der Waals surface area (Å²) in [5, 5.41) is 3.68. The van der Waals surface area contributed by atoms with Gasteiger partial charge >= 0.3 is 0 Å². The van der Waals surface area contributed by atoms with E-state index in [0.29, 0.717) is 84.2 Å². The molecule has 0 aliphatic carbocycles. The van der Waals surface area contributed by atoms with Crippen LogP contribution >= 0.6 is 0 Å². The molecule has 16 heteroatoms. The second-order valence-electron chi connectivity index (χ2n) is 14.0. The Bertz CT molecular complexity index is 2160. The molecule has 3 aliphatic heterocycles. The highest BCUT2D eigenvalue weighted by Gasteiger charge is 2.32. The Morgan fingerprint density at radius 2 is 1.78 bits per heavy atom. The van der Waals surface area contributed by atoms with Crippen molar-refractivity contribution >= 4 is 38.6 Å². The van der Waals surface area contributed by atoms with Gasteiger partial charge in [0.2, 0.25) is 11.7 Å². The molecule has 1 atom stereocenters. The van der Waals surface area contributed by atoms with Crippen LogP contribution in [0.15, 0.2) is 47.9 Å². The predicted molar refractivity (Wildman–Crippen MR) is 201 cm³/mol. The fourth-order valence-electron chi connectivity index (χ4n) is 7.60. The van der Waals surface area contributed by atoms with Gasteiger partial charge in [-0.3, -0.25) is 9.59 Å². The quantitative estimate of drug-likeness (QED) is 0.307. The highest BCUT2D eigenvalue weighted by molar-refractivity contribution is 7.89. The molecular weight excluding hydrogens is 715 g/mol. The monoisotopic (exact) mass is 761 g/mol. The standard InChI is InChI=1S/C38H47N7O8S/c1-42-23-34(40-24-42)54(48,49)45-14-6-5-12-44(38(47)27-9-10-31-26(16-27)11-15-53-31)22-33(46)39-19-25-8-7-13-43(20-25)37-28(21-45)17-29-30(41-37)18-32(50-2)36(52-4)35(29)51-3/h9-10,16-18,23-25H,5-8,11-15,19-22H2,1-4H3,(H,39,46). The van der Waals surface area contributed by atoms with Gasteiger partial charge in [-0.15, -0.1) is 0 Å². The summed E-state index contributed by atoms with van der Waals surface area (Å²) in [6, 6.07) is 9.10. The Hall–Kier alpha value is -5.09. The number of hydrogen-bond donors (Lipinski definition) is 1. The SMILES string of the molecule is COc1cc2nc3c(cc2c(OC)c1OC)CN(S(=O)(=O)c1cn(C)cn1)CCCCN(C(=O)c1ccc2c(c1)CCO2)CC(=O)NCC1CCCN3C1. The maximum absolute atomic E-state index is 14.4. The van der Waals surface area contributed by atoms with Crippen molar-refractivity contribution in [1.29, 1.82) is 0 Å². The number of rotatable bonds is 6. The Morgan fingerprint density at radius 3 is 2.54 bits per heavy atom. The number of piperidine rings is 1. The van der Waals surface area contributed by atoms with Crippen LogP contribution in [0.1, 0.15) is 47.2 Å². The van der Waals surface area contributed by atoms with E-state index in [1.807, 2.05) is 12.1 Å². The first-order valence-corrected chi connectivity index (χ1v) is 19.7. The van der Waals surface area contributed by atoms with Crippen LogP contribution in [-0.2, 0) is 34.8 Å². The van der Waals surface area contributed by atoms with E-state index in [1.165, 1.54) is 23.9 Å². The molecule has 5 heterocycles. The Kier molecular flexibility index (Phi) is 10.8. The maximum atomic E-state index is 14.4. The first-order chi connectivity index (χ1) is 26.1. The van der Waals surface area contributed by atoms with Gasteiger partial charge in [0.25, 0.3) is 15.9 Å². The van der Waals surface area contributed by atoms with Gasteiger partial charge in [0.05, 0.1) is 46.3 Å². The summed E-state index contributed by atoms with van der Waals surface area (Å²) in [5.41, 5.74) is 2.74. The molecule has 288 valence electrons. The number of nitrogens with one attached hydrogen (secondary N) is 1. The van der Waals surface area contributed by atoms with Crippen LogP contribution in [0.5, 0.6) is 23.0 Å². The molecule has 1 N–H and O–H groups in total. The minimum atomic E-state index is -4.08. The first kappa shape index (κ1) is 37.2. The van der Waals surface area contributed by atoms with Crippen molar-refractivity contribution in [2.75, 3.05) is 72.1 Å². The molecule has 0 saturated carbocycles. The molecule has 2 aromatic carbocycles. The number of imidazole rings is 1. The molecule has 0 radical (unpaired) electrons. The molecule has 7 rings (SSSR count). The topological polar surface area (TPSA) is 158 Å². The number of amides is 2. The highest BCUT2D eigenvalue weighted by Crippen LogP contribution is 2.44. The van der Waals surface area contributed by atoms with Gasteiger partial charge in [0.1, 0.15) is 11.6 Å². The molecule has 4 aromatic rings. The van der Waals surface area contributed by atoms with E-state index in [2.05, 4.69) is 15.2 Å². The largest absolute Gasteiger partial charge is 0.493 e. The van der Waals surface area contributed by atoms with E-state index < -0.39 is 10.0 Å². The van der Waals surface area contributed by atoms with Gasteiger partial charge < -0.3 is 38.6 Å². The second kappa shape index (κ2) is 15.7. The van der Waals surface area contributed by atoms with E-state index in [9.17, 15) is 18.0 Å². The van der Waals surface area contributed by atoms with Crippen LogP contribution < -0.4 is 29.2 Å². The summed E-state index contributed by atoms with van der Waals surface area (Å²) in [7, 11) is 2.27. The van der Waals surface area contributed by atoms with Crippen molar-refractivity contribution in [3.8, 4) is 23.0 Å². The predicted octanol–water partition coefficient (Wildman–Crippen LogP) is 3.39. The number of fused-ring (bicyclic) bond motifs is 6. The zero-order valence-corrected chi connectivity index (χ0v) is 32.0. The van der Waals surface area contributed by atoms with Crippen molar-refractivity contribution in [3.05, 3.63) is 59.5 Å². The lowest BCUT2D eigenvalue weighted by molar-refractivity contribution is -0.122. The fraction of sp³-hybridized carbons (Fsp3) is 0.474. The lowest BCUT2D eigenvalue weighted by atomic mass is 9.97. The Balaban J connectivity index is 1.28. The zero-order valence-electron chi connectivity index (χ0n) is 31.2. The van der Waals surface area contributed by atoms with E-state index in [4.69, 9.17) is 23.9 Å². The average Bonchev–Trinajstić information content (AvgIpc) is 3.85. The van der Waals surface area contributed by atoms with Gasteiger partial charge in [-0.05, 0) is 61.4 Å².